The zero-order valence-electron chi connectivity index (χ0n) is 11.4. The summed E-state index contributed by atoms with van der Waals surface area (Å²) in [5.74, 6) is -4.44. The van der Waals surface area contributed by atoms with Gasteiger partial charge in [0.15, 0.2) is 0 Å². The average Bonchev–Trinajstić information content (AvgIpc) is 2.43. The second-order valence-corrected chi connectivity index (χ2v) is 6.49. The highest BCUT2D eigenvalue weighted by Gasteiger charge is 2.24. The summed E-state index contributed by atoms with van der Waals surface area (Å²) in [5, 5.41) is 2.69. The number of hydrogen-bond acceptors (Lipinski definition) is 4. The van der Waals surface area contributed by atoms with Gasteiger partial charge in [-0.1, -0.05) is 12.1 Å². The lowest BCUT2D eigenvalue weighted by atomic mass is 10.1. The van der Waals surface area contributed by atoms with Gasteiger partial charge in [0.1, 0.15) is 0 Å². The zero-order valence-corrected chi connectivity index (χ0v) is 12.2. The van der Waals surface area contributed by atoms with Crippen LogP contribution in [0.25, 0.3) is 0 Å². The minimum Gasteiger partial charge on any atom is -0.352 e. The summed E-state index contributed by atoms with van der Waals surface area (Å²) in [6.45, 7) is 1.06. The number of amides is 1. The van der Waals surface area contributed by atoms with E-state index in [2.05, 4.69) is 5.32 Å². The standard InChI is InChI=1S/C13H18F2N2O3S/c14-13(15)21(19,20)9-10-3-5-11(6-4-10)12(18)17-8-2-1-7-16/h3-6,13H,1-2,7-9,16H2,(H,17,18). The molecule has 0 aliphatic rings. The predicted octanol–water partition coefficient (Wildman–Crippen LogP) is 1.29. The molecule has 0 heterocycles. The highest BCUT2D eigenvalue weighted by molar-refractivity contribution is 7.90. The van der Waals surface area contributed by atoms with Gasteiger partial charge in [-0.25, -0.2) is 8.42 Å². The van der Waals surface area contributed by atoms with Crippen LogP contribution in [0.3, 0.4) is 0 Å². The normalized spacial score (nSPS) is 11.6. The summed E-state index contributed by atoms with van der Waals surface area (Å²) in [4.78, 5) is 11.7. The van der Waals surface area contributed by atoms with E-state index in [1.165, 1.54) is 24.3 Å². The van der Waals surface area contributed by atoms with Crippen LogP contribution in [0.15, 0.2) is 24.3 Å². The van der Waals surface area contributed by atoms with Gasteiger partial charge in [-0.2, -0.15) is 8.78 Å². The van der Waals surface area contributed by atoms with Gasteiger partial charge < -0.3 is 11.1 Å². The van der Waals surface area contributed by atoms with Crippen molar-refractivity contribution in [1.29, 1.82) is 0 Å². The van der Waals surface area contributed by atoms with E-state index < -0.39 is 21.3 Å². The van der Waals surface area contributed by atoms with E-state index in [0.29, 0.717) is 18.7 Å². The van der Waals surface area contributed by atoms with Crippen molar-refractivity contribution < 1.29 is 22.0 Å². The molecule has 0 radical (unpaired) electrons. The van der Waals surface area contributed by atoms with E-state index in [1.807, 2.05) is 0 Å². The average molecular weight is 320 g/mol. The van der Waals surface area contributed by atoms with Crippen molar-refractivity contribution in [3.05, 3.63) is 35.4 Å². The van der Waals surface area contributed by atoms with E-state index in [4.69, 9.17) is 5.73 Å². The Hall–Kier alpha value is -1.54. The summed E-state index contributed by atoms with van der Waals surface area (Å²) in [6.07, 6.45) is 1.58. The Morgan fingerprint density at radius 3 is 2.33 bits per heavy atom. The molecule has 0 spiro atoms. The molecule has 0 unspecified atom stereocenters. The maximum absolute atomic E-state index is 12.2. The largest absolute Gasteiger partial charge is 0.352 e. The molecule has 0 saturated carbocycles. The van der Waals surface area contributed by atoms with Gasteiger partial charge >= 0.3 is 5.76 Å². The number of benzene rings is 1. The van der Waals surface area contributed by atoms with Gasteiger partial charge in [0.2, 0.25) is 9.84 Å². The van der Waals surface area contributed by atoms with Gasteiger partial charge in [-0.05, 0) is 37.1 Å². The number of unbranched alkanes of at least 4 members (excludes halogenated alkanes) is 1. The lowest BCUT2D eigenvalue weighted by molar-refractivity contribution is 0.0953. The van der Waals surface area contributed by atoms with Crippen molar-refractivity contribution in [2.24, 2.45) is 5.73 Å². The van der Waals surface area contributed by atoms with Crippen molar-refractivity contribution in [3.8, 4) is 0 Å². The number of carbonyl (C=O) groups is 1. The number of sulfone groups is 1. The molecule has 0 atom stereocenters. The molecule has 8 heteroatoms. The maximum atomic E-state index is 12.2. The van der Waals surface area contributed by atoms with Crippen molar-refractivity contribution in [2.45, 2.75) is 24.4 Å². The molecular weight excluding hydrogens is 302 g/mol. The molecule has 5 nitrogen and oxygen atoms in total. The molecule has 0 bridgehead atoms. The van der Waals surface area contributed by atoms with Gasteiger partial charge in [0.05, 0.1) is 5.75 Å². The van der Waals surface area contributed by atoms with Crippen LogP contribution in [-0.2, 0) is 15.6 Å². The molecule has 1 aromatic carbocycles. The maximum Gasteiger partial charge on any atom is 0.337 e. The minimum absolute atomic E-state index is 0.218. The molecule has 0 fully saturated rings. The van der Waals surface area contributed by atoms with Gasteiger partial charge in [-0.15, -0.1) is 0 Å². The fourth-order valence-corrected chi connectivity index (χ4v) is 2.40. The van der Waals surface area contributed by atoms with E-state index in [-0.39, 0.29) is 11.5 Å². The Bertz CT molecular complexity index is 559. The number of hydrogen-bond donors (Lipinski definition) is 2. The Labute approximate surface area is 122 Å². The van der Waals surface area contributed by atoms with Crippen LogP contribution in [-0.4, -0.2) is 33.2 Å². The molecule has 118 valence electrons. The molecule has 1 amide bonds. The third kappa shape index (κ3) is 5.76. The monoisotopic (exact) mass is 320 g/mol. The van der Waals surface area contributed by atoms with Crippen molar-refractivity contribution in [3.63, 3.8) is 0 Å². The van der Waals surface area contributed by atoms with Gasteiger partial charge in [-0.3, -0.25) is 4.79 Å². The van der Waals surface area contributed by atoms with Crippen LogP contribution in [0.4, 0.5) is 8.78 Å². The third-order valence-electron chi connectivity index (χ3n) is 2.77. The number of alkyl halides is 2. The summed E-state index contributed by atoms with van der Waals surface area (Å²) in [7, 11) is -4.45. The Morgan fingerprint density at radius 2 is 1.81 bits per heavy atom. The van der Waals surface area contributed by atoms with Gasteiger partial charge in [0, 0.05) is 12.1 Å². The fraction of sp³-hybridized carbons (Fsp3) is 0.462. The van der Waals surface area contributed by atoms with E-state index in [1.54, 1.807) is 0 Å². The van der Waals surface area contributed by atoms with Crippen LogP contribution in [0.1, 0.15) is 28.8 Å². The first kappa shape index (κ1) is 17.5. The highest BCUT2D eigenvalue weighted by Crippen LogP contribution is 2.14. The smallest absolute Gasteiger partial charge is 0.337 e. The number of carbonyl (C=O) groups excluding carboxylic acids is 1. The molecule has 0 saturated heterocycles. The molecule has 1 aromatic rings. The number of nitrogens with two attached hydrogens (primary N) is 1. The van der Waals surface area contributed by atoms with Crippen molar-refractivity contribution in [1.82, 2.24) is 5.32 Å². The zero-order chi connectivity index (χ0) is 15.9. The molecule has 0 aromatic heterocycles. The molecule has 21 heavy (non-hydrogen) atoms. The summed E-state index contributed by atoms with van der Waals surface area (Å²) in [5.41, 5.74) is 5.90. The third-order valence-corrected chi connectivity index (χ3v) is 4.05. The predicted molar refractivity (Wildman–Crippen MR) is 75.7 cm³/mol. The second kappa shape index (κ2) is 8.04. The van der Waals surface area contributed by atoms with E-state index in [9.17, 15) is 22.0 Å². The first-order valence-corrected chi connectivity index (χ1v) is 8.15. The summed E-state index contributed by atoms with van der Waals surface area (Å²) >= 11 is 0. The minimum atomic E-state index is -4.45. The van der Waals surface area contributed by atoms with Crippen molar-refractivity contribution >= 4 is 15.7 Å². The van der Waals surface area contributed by atoms with Crippen LogP contribution in [0.2, 0.25) is 0 Å². The Kier molecular flexibility index (Phi) is 6.70. The Balaban J connectivity index is 2.60. The van der Waals surface area contributed by atoms with Crippen LogP contribution < -0.4 is 11.1 Å². The van der Waals surface area contributed by atoms with Crippen LogP contribution in [0.5, 0.6) is 0 Å². The number of halogens is 2. The molecule has 0 aliphatic heterocycles. The van der Waals surface area contributed by atoms with E-state index in [0.717, 1.165) is 12.8 Å². The lowest BCUT2D eigenvalue weighted by Gasteiger charge is -2.06. The van der Waals surface area contributed by atoms with Gasteiger partial charge in [0.25, 0.3) is 5.91 Å². The summed E-state index contributed by atoms with van der Waals surface area (Å²) in [6, 6.07) is 5.53. The van der Waals surface area contributed by atoms with E-state index >= 15 is 0 Å². The molecule has 3 N–H and O–H groups in total. The molecule has 0 aliphatic carbocycles. The SMILES string of the molecule is NCCCCNC(=O)c1ccc(CS(=O)(=O)C(F)F)cc1. The van der Waals surface area contributed by atoms with Crippen molar-refractivity contribution in [2.75, 3.05) is 13.1 Å². The van der Waals surface area contributed by atoms with Crippen LogP contribution >= 0.6 is 0 Å². The second-order valence-electron chi connectivity index (χ2n) is 4.52. The fourth-order valence-electron chi connectivity index (χ4n) is 1.62. The first-order chi connectivity index (χ1) is 9.86. The highest BCUT2D eigenvalue weighted by atomic mass is 32.2. The number of rotatable bonds is 8. The first-order valence-electron chi connectivity index (χ1n) is 6.43. The molecular formula is C13H18F2N2O3S. The number of nitrogens with one attached hydrogen (secondary N) is 1. The van der Waals surface area contributed by atoms with Crippen LogP contribution in [0, 0.1) is 0 Å². The summed E-state index contributed by atoms with van der Waals surface area (Å²) < 4.78 is 46.7. The lowest BCUT2D eigenvalue weighted by Crippen LogP contribution is -2.24. The quantitative estimate of drug-likeness (QED) is 0.706. The Morgan fingerprint density at radius 1 is 1.19 bits per heavy atom. The topological polar surface area (TPSA) is 89.3 Å². The molecule has 1 rings (SSSR count).